The molecule has 0 spiro atoms. The predicted octanol–water partition coefficient (Wildman–Crippen LogP) is 3.01. The minimum Gasteiger partial charge on any atom is -0.443 e. The van der Waals surface area contributed by atoms with Crippen LogP contribution in [0.5, 0.6) is 0 Å². The van der Waals surface area contributed by atoms with Crippen LogP contribution in [-0.4, -0.2) is 70.7 Å². The van der Waals surface area contributed by atoms with Gasteiger partial charge in [0.1, 0.15) is 29.5 Å². The predicted molar refractivity (Wildman–Crippen MR) is 117 cm³/mol. The second kappa shape index (κ2) is 12.4. The van der Waals surface area contributed by atoms with Crippen molar-refractivity contribution >= 4 is 53.2 Å². The summed E-state index contributed by atoms with van der Waals surface area (Å²) < 4.78 is 16.7. The molecule has 186 valence electrons. The first-order valence-electron chi connectivity index (χ1n) is 10.8. The van der Waals surface area contributed by atoms with Crippen molar-refractivity contribution in [3.05, 3.63) is 0 Å². The van der Waals surface area contributed by atoms with Crippen LogP contribution in [0.3, 0.4) is 0 Å². The van der Waals surface area contributed by atoms with Gasteiger partial charge in [-0.15, -0.1) is 23.2 Å². The first kappa shape index (κ1) is 27.1. The van der Waals surface area contributed by atoms with Crippen molar-refractivity contribution in [1.29, 1.82) is 0 Å². The zero-order valence-electron chi connectivity index (χ0n) is 18.6. The molecule has 2 aliphatic rings. The van der Waals surface area contributed by atoms with Crippen molar-refractivity contribution in [2.24, 2.45) is 0 Å². The molecule has 33 heavy (non-hydrogen) atoms. The first-order chi connectivity index (χ1) is 15.6. The number of alkyl halides is 2. The van der Waals surface area contributed by atoms with E-state index in [1.54, 1.807) is 6.92 Å². The van der Waals surface area contributed by atoms with Crippen LogP contribution in [0.1, 0.15) is 58.8 Å². The molecule has 0 aromatic carbocycles. The number of unbranched alkanes of at least 4 members (excludes halogenated alkanes) is 4. The Hall–Kier alpha value is -2.11. The standard InChI is InChI=1S/C20H29Cl2N3O8/c1-3-4-5-6-7-8-20(2)13(31-18(29)24-15(27)11-22)9-12-16(33-20)32-19(30)25(12)17(28)23-14(26)10-21/h12-13,16H,3-11H2,1-2H3,(H,23,26,28)(H,24,27,29). The van der Waals surface area contributed by atoms with Gasteiger partial charge in [0.25, 0.3) is 0 Å². The molecule has 0 aromatic heterocycles. The summed E-state index contributed by atoms with van der Waals surface area (Å²) in [5.41, 5.74) is -1.05. The van der Waals surface area contributed by atoms with E-state index in [2.05, 4.69) is 6.92 Å². The van der Waals surface area contributed by atoms with Crippen LogP contribution in [0.4, 0.5) is 14.4 Å². The normalized spacial score (nSPS) is 26.2. The molecule has 4 atom stereocenters. The number of urea groups is 1. The minimum absolute atomic E-state index is 0.0210. The summed E-state index contributed by atoms with van der Waals surface area (Å²) in [5.74, 6) is -2.44. The van der Waals surface area contributed by atoms with Gasteiger partial charge in [-0.25, -0.2) is 19.3 Å². The van der Waals surface area contributed by atoms with E-state index in [1.807, 2.05) is 10.6 Å². The van der Waals surface area contributed by atoms with Crippen LogP contribution >= 0.6 is 23.2 Å². The monoisotopic (exact) mass is 509 g/mol. The zero-order chi connectivity index (χ0) is 24.6. The summed E-state index contributed by atoms with van der Waals surface area (Å²) in [6, 6.07) is -1.99. The summed E-state index contributed by atoms with van der Waals surface area (Å²) >= 11 is 10.8. The number of nitrogens with one attached hydrogen (secondary N) is 2. The fraction of sp³-hybridized carbons (Fsp3) is 0.750. The van der Waals surface area contributed by atoms with Gasteiger partial charge < -0.3 is 14.2 Å². The molecule has 4 unspecified atom stereocenters. The number of imide groups is 3. The number of nitrogens with zero attached hydrogens (tertiary/aromatic N) is 1. The Labute approximate surface area is 201 Å². The molecule has 2 N–H and O–H groups in total. The van der Waals surface area contributed by atoms with E-state index in [9.17, 15) is 24.0 Å². The fourth-order valence-corrected chi connectivity index (χ4v) is 3.98. The number of carbonyl (C=O) groups is 5. The maximum atomic E-state index is 12.4. The molecular weight excluding hydrogens is 481 g/mol. The lowest BCUT2D eigenvalue weighted by Crippen LogP contribution is -2.60. The van der Waals surface area contributed by atoms with Crippen molar-refractivity contribution in [2.45, 2.75) is 82.8 Å². The van der Waals surface area contributed by atoms with E-state index in [-0.39, 0.29) is 6.42 Å². The smallest absolute Gasteiger partial charge is 0.420 e. The van der Waals surface area contributed by atoms with E-state index in [0.717, 1.165) is 32.1 Å². The van der Waals surface area contributed by atoms with Gasteiger partial charge in [0.05, 0.1) is 0 Å². The van der Waals surface area contributed by atoms with Crippen LogP contribution in [0.15, 0.2) is 0 Å². The second-order valence-electron chi connectivity index (χ2n) is 8.08. The highest BCUT2D eigenvalue weighted by molar-refractivity contribution is 6.28. The maximum absolute atomic E-state index is 12.4. The molecule has 13 heteroatoms. The number of carbonyl (C=O) groups excluding carboxylic acids is 5. The van der Waals surface area contributed by atoms with Crippen molar-refractivity contribution < 1.29 is 38.2 Å². The number of fused-ring (bicyclic) bond motifs is 1. The molecule has 2 aliphatic heterocycles. The average molecular weight is 510 g/mol. The van der Waals surface area contributed by atoms with E-state index in [0.29, 0.717) is 11.3 Å². The SMILES string of the molecule is CCCCCCCC1(C)OC2OC(=O)N(C(=O)NC(=O)CCl)C2CC1OC(=O)NC(=O)CCl. The number of hydrogen-bond acceptors (Lipinski definition) is 8. The van der Waals surface area contributed by atoms with Gasteiger partial charge in [0.2, 0.25) is 18.1 Å². The molecule has 2 saturated heterocycles. The third kappa shape index (κ3) is 7.18. The number of alkyl carbamates (subject to hydrolysis) is 1. The molecule has 0 aromatic rings. The lowest BCUT2D eigenvalue weighted by Gasteiger charge is -2.44. The third-order valence-electron chi connectivity index (χ3n) is 5.56. The van der Waals surface area contributed by atoms with Crippen molar-refractivity contribution in [3.63, 3.8) is 0 Å². The van der Waals surface area contributed by atoms with Crippen molar-refractivity contribution in [1.82, 2.24) is 15.5 Å². The molecule has 6 amide bonds. The summed E-state index contributed by atoms with van der Waals surface area (Å²) in [4.78, 5) is 60.6. The molecule has 0 bridgehead atoms. The molecule has 0 saturated carbocycles. The highest BCUT2D eigenvalue weighted by atomic mass is 35.5. The average Bonchev–Trinajstić information content (AvgIpc) is 3.07. The third-order valence-corrected chi connectivity index (χ3v) is 6.04. The molecule has 11 nitrogen and oxygen atoms in total. The Morgan fingerprint density at radius 1 is 1.09 bits per heavy atom. The number of halogens is 2. The van der Waals surface area contributed by atoms with Crippen LogP contribution in [0.25, 0.3) is 0 Å². The molecule has 2 fully saturated rings. The summed E-state index contributed by atoms with van der Waals surface area (Å²) in [7, 11) is 0. The van der Waals surface area contributed by atoms with Crippen LogP contribution in [-0.2, 0) is 23.8 Å². The largest absolute Gasteiger partial charge is 0.443 e. The Kier molecular flexibility index (Phi) is 10.2. The van der Waals surface area contributed by atoms with Gasteiger partial charge in [-0.1, -0.05) is 39.0 Å². The van der Waals surface area contributed by atoms with Crippen LogP contribution in [0, 0.1) is 0 Å². The van der Waals surface area contributed by atoms with Crippen LogP contribution < -0.4 is 10.6 Å². The van der Waals surface area contributed by atoms with Gasteiger partial charge >= 0.3 is 18.2 Å². The van der Waals surface area contributed by atoms with E-state index < -0.39 is 65.8 Å². The second-order valence-corrected chi connectivity index (χ2v) is 8.62. The number of amides is 6. The number of ether oxygens (including phenoxy) is 3. The van der Waals surface area contributed by atoms with E-state index in [1.165, 1.54) is 0 Å². The fourth-order valence-electron chi connectivity index (χ4n) is 3.85. The summed E-state index contributed by atoms with van der Waals surface area (Å²) in [5, 5.41) is 3.98. The summed E-state index contributed by atoms with van der Waals surface area (Å²) in [6.07, 6.45) is 1.30. The molecule has 0 aliphatic carbocycles. The first-order valence-corrected chi connectivity index (χ1v) is 11.9. The van der Waals surface area contributed by atoms with Gasteiger partial charge in [-0.05, 0) is 13.3 Å². The lowest BCUT2D eigenvalue weighted by molar-refractivity contribution is -0.244. The van der Waals surface area contributed by atoms with Gasteiger partial charge in [0.15, 0.2) is 0 Å². The van der Waals surface area contributed by atoms with Crippen molar-refractivity contribution in [2.75, 3.05) is 11.8 Å². The number of rotatable bonds is 9. The highest BCUT2D eigenvalue weighted by Crippen LogP contribution is 2.40. The van der Waals surface area contributed by atoms with E-state index >= 15 is 0 Å². The Morgan fingerprint density at radius 2 is 1.73 bits per heavy atom. The van der Waals surface area contributed by atoms with Gasteiger partial charge in [-0.3, -0.25) is 20.2 Å². The lowest BCUT2D eigenvalue weighted by atomic mass is 9.85. The van der Waals surface area contributed by atoms with Crippen LogP contribution in [0.2, 0.25) is 0 Å². The quantitative estimate of drug-likeness (QED) is 0.356. The molecule has 2 heterocycles. The maximum Gasteiger partial charge on any atom is 0.420 e. The highest BCUT2D eigenvalue weighted by Gasteiger charge is 2.57. The Bertz CT molecular complexity index is 768. The van der Waals surface area contributed by atoms with Gasteiger partial charge in [-0.2, -0.15) is 0 Å². The Balaban J connectivity index is 2.18. The molecule has 2 rings (SSSR count). The minimum atomic E-state index is -1.11. The Morgan fingerprint density at radius 3 is 2.36 bits per heavy atom. The zero-order valence-corrected chi connectivity index (χ0v) is 20.1. The molecular formula is C20H29Cl2N3O8. The number of hydrogen-bond donors (Lipinski definition) is 2. The van der Waals surface area contributed by atoms with Gasteiger partial charge in [0, 0.05) is 6.42 Å². The van der Waals surface area contributed by atoms with Crippen molar-refractivity contribution in [3.8, 4) is 0 Å². The molecule has 0 radical (unpaired) electrons. The topological polar surface area (TPSA) is 140 Å². The van der Waals surface area contributed by atoms with E-state index in [4.69, 9.17) is 37.4 Å². The summed E-state index contributed by atoms with van der Waals surface area (Å²) in [6.45, 7) is 3.82.